The molecule has 0 aromatic heterocycles. The van der Waals surface area contributed by atoms with Gasteiger partial charge in [-0.1, -0.05) is 12.1 Å². The molecular formula is C11H16BNO4. The number of phenolic OH excluding ortho intramolecular Hbond substituents is 1. The Morgan fingerprint density at radius 3 is 2.59 bits per heavy atom. The number of hydrogen-bond donors (Lipinski definition) is 2. The van der Waals surface area contributed by atoms with Gasteiger partial charge in [0.2, 0.25) is 0 Å². The summed E-state index contributed by atoms with van der Waals surface area (Å²) in [5.41, 5.74) is 0.932. The van der Waals surface area contributed by atoms with Crippen molar-refractivity contribution in [1.29, 1.82) is 0 Å². The fraction of sp³-hybridized carbons (Fsp3) is 0.364. The van der Waals surface area contributed by atoms with Crippen molar-refractivity contribution in [2.75, 3.05) is 14.2 Å². The summed E-state index contributed by atoms with van der Waals surface area (Å²) in [7, 11) is 3.17. The topological polar surface area (TPSA) is 67.8 Å². The number of carbonyl (C=O) groups is 1. The van der Waals surface area contributed by atoms with Gasteiger partial charge in [0.05, 0.1) is 7.11 Å². The van der Waals surface area contributed by atoms with Gasteiger partial charge in [-0.05, 0) is 24.1 Å². The lowest BCUT2D eigenvalue weighted by atomic mass is 10.0. The molecule has 0 fully saturated rings. The van der Waals surface area contributed by atoms with E-state index >= 15 is 0 Å². The minimum absolute atomic E-state index is 0.202. The van der Waals surface area contributed by atoms with Crippen LogP contribution in [0.1, 0.15) is 5.56 Å². The number of carbonyl (C=O) groups excluding carboxylic acids is 1. The molecule has 17 heavy (non-hydrogen) atoms. The quantitative estimate of drug-likeness (QED) is 0.537. The summed E-state index contributed by atoms with van der Waals surface area (Å²) in [6.45, 7) is 0. The third-order valence-corrected chi connectivity index (χ3v) is 2.34. The molecule has 6 heteroatoms. The third kappa shape index (κ3) is 4.46. The number of rotatable bonds is 6. The number of hydrogen-bond acceptors (Lipinski definition) is 5. The Balaban J connectivity index is 2.64. The lowest BCUT2D eigenvalue weighted by Crippen LogP contribution is -2.42. The fourth-order valence-corrected chi connectivity index (χ4v) is 1.43. The summed E-state index contributed by atoms with van der Waals surface area (Å²) in [6, 6.07) is 6.24. The maximum atomic E-state index is 11.5. The fourth-order valence-electron chi connectivity index (χ4n) is 1.43. The van der Waals surface area contributed by atoms with E-state index in [1.165, 1.54) is 7.11 Å². The zero-order valence-corrected chi connectivity index (χ0v) is 9.97. The molecule has 1 unspecified atom stereocenters. The molecule has 1 aromatic rings. The standard InChI is InChI=1S/C11H16BNO4/c1-16-11(15)10(13-12-17-2)7-8-3-5-9(14)6-4-8/h3-6,10,12-14H,7H2,1-2H3. The Morgan fingerprint density at radius 1 is 1.41 bits per heavy atom. The maximum Gasteiger partial charge on any atom is 0.361 e. The van der Waals surface area contributed by atoms with Crippen molar-refractivity contribution >= 4 is 13.6 Å². The average Bonchev–Trinajstić information content (AvgIpc) is 2.36. The monoisotopic (exact) mass is 237 g/mol. The van der Waals surface area contributed by atoms with Crippen LogP contribution in [0.25, 0.3) is 0 Å². The molecule has 0 radical (unpaired) electrons. The van der Waals surface area contributed by atoms with Crippen LogP contribution in [0, 0.1) is 0 Å². The van der Waals surface area contributed by atoms with E-state index in [0.717, 1.165) is 5.56 Å². The van der Waals surface area contributed by atoms with E-state index < -0.39 is 6.04 Å². The SMILES string of the molecule is COBNC(Cc1ccc(O)cc1)C(=O)OC. The number of methoxy groups -OCH3 is 1. The summed E-state index contributed by atoms with van der Waals surface area (Å²) in [5.74, 6) is -0.136. The first-order valence-corrected chi connectivity index (χ1v) is 5.25. The number of aromatic hydroxyl groups is 1. The molecule has 0 amide bonds. The summed E-state index contributed by atoms with van der Waals surface area (Å²) >= 11 is 0. The third-order valence-electron chi connectivity index (χ3n) is 2.34. The van der Waals surface area contributed by atoms with Crippen LogP contribution < -0.4 is 5.23 Å². The lowest BCUT2D eigenvalue weighted by Gasteiger charge is -2.15. The molecule has 1 rings (SSSR count). The number of phenols is 1. The van der Waals surface area contributed by atoms with Crippen LogP contribution in [-0.2, 0) is 20.6 Å². The Bertz CT molecular complexity index is 355. The van der Waals surface area contributed by atoms with E-state index in [4.69, 9.17) is 14.5 Å². The van der Waals surface area contributed by atoms with Crippen LogP contribution in [0.2, 0.25) is 0 Å². The van der Waals surface area contributed by atoms with E-state index in [0.29, 0.717) is 6.42 Å². The van der Waals surface area contributed by atoms with Gasteiger partial charge in [-0.2, -0.15) is 0 Å². The van der Waals surface area contributed by atoms with Crippen LogP contribution >= 0.6 is 0 Å². The highest BCUT2D eigenvalue weighted by Crippen LogP contribution is 2.11. The first kappa shape index (κ1) is 13.5. The van der Waals surface area contributed by atoms with Gasteiger partial charge in [-0.15, -0.1) is 0 Å². The Hall–Kier alpha value is -1.53. The molecule has 0 saturated heterocycles. The number of nitrogens with one attached hydrogen (secondary N) is 1. The number of ether oxygens (including phenoxy) is 1. The van der Waals surface area contributed by atoms with Crippen LogP contribution in [-0.4, -0.2) is 39.0 Å². The van der Waals surface area contributed by atoms with Crippen molar-refractivity contribution in [2.45, 2.75) is 12.5 Å². The Labute approximate surface area is 101 Å². The summed E-state index contributed by atoms with van der Waals surface area (Å²) < 4.78 is 9.56. The van der Waals surface area contributed by atoms with Gasteiger partial charge in [0.15, 0.2) is 0 Å². The number of esters is 1. The zero-order valence-electron chi connectivity index (χ0n) is 9.97. The number of benzene rings is 1. The van der Waals surface area contributed by atoms with Gasteiger partial charge in [0, 0.05) is 7.11 Å². The second-order valence-electron chi connectivity index (χ2n) is 3.58. The first-order chi connectivity index (χ1) is 8.17. The smallest absolute Gasteiger partial charge is 0.361 e. The lowest BCUT2D eigenvalue weighted by molar-refractivity contribution is -0.142. The van der Waals surface area contributed by atoms with Crippen molar-refractivity contribution in [3.63, 3.8) is 0 Å². The average molecular weight is 237 g/mol. The largest absolute Gasteiger partial charge is 0.508 e. The van der Waals surface area contributed by atoms with Crippen LogP contribution in [0.15, 0.2) is 24.3 Å². The minimum atomic E-state index is -0.454. The van der Waals surface area contributed by atoms with E-state index in [1.54, 1.807) is 31.4 Å². The van der Waals surface area contributed by atoms with E-state index in [1.807, 2.05) is 0 Å². The molecule has 0 spiro atoms. The van der Waals surface area contributed by atoms with Crippen LogP contribution in [0.5, 0.6) is 5.75 Å². The maximum absolute atomic E-state index is 11.5. The van der Waals surface area contributed by atoms with E-state index in [9.17, 15) is 4.79 Å². The van der Waals surface area contributed by atoms with E-state index in [-0.39, 0.29) is 19.3 Å². The van der Waals surface area contributed by atoms with Crippen molar-refractivity contribution in [3.05, 3.63) is 29.8 Å². The van der Waals surface area contributed by atoms with Gasteiger partial charge in [-0.25, -0.2) is 0 Å². The Morgan fingerprint density at radius 2 is 2.06 bits per heavy atom. The highest BCUT2D eigenvalue weighted by Gasteiger charge is 2.19. The summed E-state index contributed by atoms with van der Waals surface area (Å²) in [6.07, 6.45) is 0.482. The normalized spacial score (nSPS) is 11.9. The van der Waals surface area contributed by atoms with Crippen molar-refractivity contribution < 1.29 is 19.3 Å². The summed E-state index contributed by atoms with van der Waals surface area (Å²) in [4.78, 5) is 11.5. The van der Waals surface area contributed by atoms with E-state index in [2.05, 4.69) is 5.23 Å². The van der Waals surface area contributed by atoms with Gasteiger partial charge < -0.3 is 19.7 Å². The van der Waals surface area contributed by atoms with Crippen LogP contribution in [0.3, 0.4) is 0 Å². The van der Waals surface area contributed by atoms with Gasteiger partial charge >= 0.3 is 13.6 Å². The molecule has 0 aliphatic carbocycles. The Kier molecular flexibility index (Phi) is 5.52. The first-order valence-electron chi connectivity index (χ1n) is 5.25. The molecule has 0 heterocycles. The van der Waals surface area contributed by atoms with Crippen LogP contribution in [0.4, 0.5) is 0 Å². The van der Waals surface area contributed by atoms with Gasteiger partial charge in [0.25, 0.3) is 0 Å². The molecule has 0 bridgehead atoms. The van der Waals surface area contributed by atoms with Crippen molar-refractivity contribution in [2.24, 2.45) is 0 Å². The predicted octanol–water partition coefficient (Wildman–Crippen LogP) is -0.0212. The molecule has 1 aromatic carbocycles. The molecule has 0 aliphatic rings. The molecular weight excluding hydrogens is 221 g/mol. The van der Waals surface area contributed by atoms with Gasteiger partial charge in [0.1, 0.15) is 11.8 Å². The predicted molar refractivity (Wildman–Crippen MR) is 64.9 cm³/mol. The molecule has 0 saturated carbocycles. The highest BCUT2D eigenvalue weighted by atomic mass is 16.5. The highest BCUT2D eigenvalue weighted by molar-refractivity contribution is 6.24. The second-order valence-corrected chi connectivity index (χ2v) is 3.58. The zero-order chi connectivity index (χ0) is 12.7. The molecule has 2 N–H and O–H groups in total. The van der Waals surface area contributed by atoms with Gasteiger partial charge in [-0.3, -0.25) is 4.79 Å². The molecule has 5 nitrogen and oxygen atoms in total. The molecule has 92 valence electrons. The molecule has 0 aliphatic heterocycles. The molecule has 1 atom stereocenters. The van der Waals surface area contributed by atoms with Crippen molar-refractivity contribution in [3.8, 4) is 5.75 Å². The minimum Gasteiger partial charge on any atom is -0.508 e. The summed E-state index contributed by atoms with van der Waals surface area (Å²) in [5, 5.41) is 12.1. The van der Waals surface area contributed by atoms with Crippen molar-refractivity contribution in [1.82, 2.24) is 5.23 Å². The second kappa shape index (κ2) is 6.93.